The SMILES string of the molecule is COc1cccc(C(=O)NCC2COc3ccccc3O2)c1. The van der Waals surface area contributed by atoms with Gasteiger partial charge in [-0.05, 0) is 30.3 Å². The fourth-order valence-corrected chi connectivity index (χ4v) is 2.24. The molecule has 114 valence electrons. The number of hydrogen-bond acceptors (Lipinski definition) is 4. The first-order valence-electron chi connectivity index (χ1n) is 7.07. The van der Waals surface area contributed by atoms with E-state index in [0.717, 1.165) is 5.75 Å². The molecule has 0 bridgehead atoms. The van der Waals surface area contributed by atoms with E-state index in [1.807, 2.05) is 24.3 Å². The summed E-state index contributed by atoms with van der Waals surface area (Å²) in [6.45, 7) is 0.791. The maximum atomic E-state index is 12.1. The van der Waals surface area contributed by atoms with E-state index in [4.69, 9.17) is 14.2 Å². The summed E-state index contributed by atoms with van der Waals surface area (Å²) < 4.78 is 16.5. The second kappa shape index (κ2) is 6.39. The molecule has 1 amide bonds. The molecule has 5 heteroatoms. The van der Waals surface area contributed by atoms with Crippen LogP contribution in [-0.2, 0) is 0 Å². The van der Waals surface area contributed by atoms with Gasteiger partial charge in [-0.15, -0.1) is 0 Å². The minimum Gasteiger partial charge on any atom is -0.497 e. The average molecular weight is 299 g/mol. The van der Waals surface area contributed by atoms with Crippen molar-refractivity contribution in [2.75, 3.05) is 20.3 Å². The topological polar surface area (TPSA) is 56.8 Å². The van der Waals surface area contributed by atoms with Crippen LogP contribution in [0.1, 0.15) is 10.4 Å². The molecule has 0 aliphatic carbocycles. The van der Waals surface area contributed by atoms with Gasteiger partial charge in [0.15, 0.2) is 11.5 Å². The van der Waals surface area contributed by atoms with Crippen molar-refractivity contribution < 1.29 is 19.0 Å². The summed E-state index contributed by atoms with van der Waals surface area (Å²) in [6.07, 6.45) is -0.204. The van der Waals surface area contributed by atoms with Crippen molar-refractivity contribution in [3.05, 3.63) is 54.1 Å². The van der Waals surface area contributed by atoms with E-state index in [-0.39, 0.29) is 12.0 Å². The largest absolute Gasteiger partial charge is 0.497 e. The van der Waals surface area contributed by atoms with Crippen molar-refractivity contribution in [1.29, 1.82) is 0 Å². The van der Waals surface area contributed by atoms with E-state index in [2.05, 4.69) is 5.32 Å². The van der Waals surface area contributed by atoms with Crippen molar-refractivity contribution in [1.82, 2.24) is 5.32 Å². The first kappa shape index (κ1) is 14.3. The summed E-state index contributed by atoms with van der Waals surface area (Å²) in [4.78, 5) is 12.1. The highest BCUT2D eigenvalue weighted by molar-refractivity contribution is 5.94. The number of benzene rings is 2. The number of amides is 1. The van der Waals surface area contributed by atoms with E-state index in [0.29, 0.717) is 30.2 Å². The lowest BCUT2D eigenvalue weighted by atomic mass is 10.2. The van der Waals surface area contributed by atoms with Crippen LogP contribution in [0.4, 0.5) is 0 Å². The van der Waals surface area contributed by atoms with Gasteiger partial charge < -0.3 is 19.5 Å². The van der Waals surface area contributed by atoms with Crippen molar-refractivity contribution in [3.8, 4) is 17.2 Å². The molecule has 0 radical (unpaired) electrons. The Balaban J connectivity index is 1.58. The second-order valence-electron chi connectivity index (χ2n) is 4.94. The van der Waals surface area contributed by atoms with Crippen LogP contribution in [0.3, 0.4) is 0 Å². The van der Waals surface area contributed by atoms with Crippen LogP contribution in [0.15, 0.2) is 48.5 Å². The molecule has 22 heavy (non-hydrogen) atoms. The predicted octanol–water partition coefficient (Wildman–Crippen LogP) is 2.27. The Morgan fingerprint density at radius 3 is 2.86 bits per heavy atom. The highest BCUT2D eigenvalue weighted by atomic mass is 16.6. The molecule has 3 rings (SSSR count). The highest BCUT2D eigenvalue weighted by Gasteiger charge is 2.21. The Morgan fingerprint density at radius 2 is 2.05 bits per heavy atom. The molecule has 0 saturated heterocycles. The smallest absolute Gasteiger partial charge is 0.251 e. The Kier molecular flexibility index (Phi) is 4.14. The Bertz CT molecular complexity index is 671. The van der Waals surface area contributed by atoms with Crippen LogP contribution in [0, 0.1) is 0 Å². The van der Waals surface area contributed by atoms with Gasteiger partial charge in [0, 0.05) is 5.56 Å². The molecule has 1 aliphatic heterocycles. The summed E-state index contributed by atoms with van der Waals surface area (Å²) >= 11 is 0. The van der Waals surface area contributed by atoms with E-state index >= 15 is 0 Å². The third-order valence-electron chi connectivity index (χ3n) is 3.39. The summed E-state index contributed by atoms with van der Waals surface area (Å²) in [7, 11) is 1.57. The first-order valence-corrected chi connectivity index (χ1v) is 7.07. The van der Waals surface area contributed by atoms with Gasteiger partial charge in [-0.3, -0.25) is 4.79 Å². The lowest BCUT2D eigenvalue weighted by molar-refractivity contribution is 0.0789. The quantitative estimate of drug-likeness (QED) is 0.941. The van der Waals surface area contributed by atoms with Crippen LogP contribution in [0.25, 0.3) is 0 Å². The minimum atomic E-state index is -0.204. The summed E-state index contributed by atoms with van der Waals surface area (Å²) in [5, 5.41) is 2.85. The summed E-state index contributed by atoms with van der Waals surface area (Å²) in [6, 6.07) is 14.5. The van der Waals surface area contributed by atoms with Gasteiger partial charge in [0.25, 0.3) is 5.91 Å². The molecule has 0 spiro atoms. The van der Waals surface area contributed by atoms with Crippen molar-refractivity contribution in [2.45, 2.75) is 6.10 Å². The fourth-order valence-electron chi connectivity index (χ4n) is 2.24. The number of carbonyl (C=O) groups is 1. The molecule has 2 aromatic carbocycles. The first-order chi connectivity index (χ1) is 10.8. The van der Waals surface area contributed by atoms with Gasteiger partial charge >= 0.3 is 0 Å². The zero-order valence-electron chi connectivity index (χ0n) is 12.2. The maximum Gasteiger partial charge on any atom is 0.251 e. The molecule has 5 nitrogen and oxygen atoms in total. The third-order valence-corrected chi connectivity index (χ3v) is 3.39. The monoisotopic (exact) mass is 299 g/mol. The molecule has 0 fully saturated rings. The molecule has 0 saturated carbocycles. The van der Waals surface area contributed by atoms with Crippen LogP contribution in [-0.4, -0.2) is 32.3 Å². The predicted molar refractivity (Wildman–Crippen MR) is 81.7 cm³/mol. The number of rotatable bonds is 4. The Hall–Kier alpha value is -2.69. The van der Waals surface area contributed by atoms with Gasteiger partial charge in [-0.1, -0.05) is 18.2 Å². The van der Waals surface area contributed by atoms with Gasteiger partial charge in [-0.2, -0.15) is 0 Å². The highest BCUT2D eigenvalue weighted by Crippen LogP contribution is 2.30. The van der Waals surface area contributed by atoms with Crippen molar-refractivity contribution in [2.24, 2.45) is 0 Å². The van der Waals surface area contributed by atoms with E-state index in [9.17, 15) is 4.79 Å². The zero-order chi connectivity index (χ0) is 15.4. The Labute approximate surface area is 128 Å². The average Bonchev–Trinajstić information content (AvgIpc) is 2.59. The number of methoxy groups -OCH3 is 1. The number of para-hydroxylation sites is 2. The number of fused-ring (bicyclic) bond motifs is 1. The lowest BCUT2D eigenvalue weighted by Gasteiger charge is -2.26. The van der Waals surface area contributed by atoms with Crippen LogP contribution >= 0.6 is 0 Å². The number of carbonyl (C=O) groups excluding carboxylic acids is 1. The van der Waals surface area contributed by atoms with Gasteiger partial charge in [0.05, 0.1) is 13.7 Å². The number of hydrogen-bond donors (Lipinski definition) is 1. The molecular formula is C17H17NO4. The lowest BCUT2D eigenvalue weighted by Crippen LogP contribution is -2.40. The molecule has 1 unspecified atom stereocenters. The molecular weight excluding hydrogens is 282 g/mol. The molecule has 1 heterocycles. The second-order valence-corrected chi connectivity index (χ2v) is 4.94. The summed E-state index contributed by atoms with van der Waals surface area (Å²) in [5.74, 6) is 1.92. The van der Waals surface area contributed by atoms with Crippen LogP contribution in [0.2, 0.25) is 0 Å². The third kappa shape index (κ3) is 3.14. The molecule has 1 N–H and O–H groups in total. The Morgan fingerprint density at radius 1 is 1.23 bits per heavy atom. The molecule has 2 aromatic rings. The van der Waals surface area contributed by atoms with Crippen LogP contribution in [0.5, 0.6) is 17.2 Å². The number of nitrogens with one attached hydrogen (secondary N) is 1. The van der Waals surface area contributed by atoms with E-state index in [1.54, 1.807) is 31.4 Å². The molecule has 0 aromatic heterocycles. The molecule has 1 aliphatic rings. The van der Waals surface area contributed by atoms with Gasteiger partial charge in [0.2, 0.25) is 0 Å². The van der Waals surface area contributed by atoms with Gasteiger partial charge in [0.1, 0.15) is 18.5 Å². The van der Waals surface area contributed by atoms with Crippen LogP contribution < -0.4 is 19.5 Å². The fraction of sp³-hybridized carbons (Fsp3) is 0.235. The standard InChI is InChI=1S/C17H17NO4/c1-20-13-6-4-5-12(9-13)17(19)18-10-14-11-21-15-7-2-3-8-16(15)22-14/h2-9,14H,10-11H2,1H3,(H,18,19). The maximum absolute atomic E-state index is 12.1. The zero-order valence-corrected chi connectivity index (χ0v) is 12.2. The number of ether oxygens (including phenoxy) is 3. The van der Waals surface area contributed by atoms with E-state index < -0.39 is 0 Å². The molecule has 1 atom stereocenters. The minimum absolute atomic E-state index is 0.165. The normalized spacial score (nSPS) is 16.0. The van der Waals surface area contributed by atoms with Crippen molar-refractivity contribution in [3.63, 3.8) is 0 Å². The summed E-state index contributed by atoms with van der Waals surface area (Å²) in [5.41, 5.74) is 0.552. The van der Waals surface area contributed by atoms with Crippen molar-refractivity contribution >= 4 is 5.91 Å². The van der Waals surface area contributed by atoms with Gasteiger partial charge in [-0.25, -0.2) is 0 Å². The van der Waals surface area contributed by atoms with E-state index in [1.165, 1.54) is 0 Å².